The Bertz CT molecular complexity index is 286. The van der Waals surface area contributed by atoms with Gasteiger partial charge in [-0.2, -0.15) is 0 Å². The van der Waals surface area contributed by atoms with Crippen LogP contribution < -0.4 is 0 Å². The molecule has 0 aromatic heterocycles. The first-order chi connectivity index (χ1) is 7.25. The Morgan fingerprint density at radius 1 is 1.50 bits per heavy atom. The highest BCUT2D eigenvalue weighted by Gasteiger charge is 2.49. The van der Waals surface area contributed by atoms with Crippen LogP contribution in [0.2, 0.25) is 0 Å². The van der Waals surface area contributed by atoms with E-state index in [4.69, 9.17) is 10.2 Å². The van der Waals surface area contributed by atoms with Crippen LogP contribution >= 0.6 is 0 Å². The molecule has 1 fully saturated rings. The summed E-state index contributed by atoms with van der Waals surface area (Å²) in [5, 5.41) is 17.6. The molecule has 0 radical (unpaired) electrons. The number of hydrogen-bond donors (Lipinski definition) is 2. The number of carboxylic acids is 1. The van der Waals surface area contributed by atoms with Gasteiger partial charge in [-0.15, -0.1) is 0 Å². The molecule has 1 aliphatic rings. The smallest absolute Gasteiger partial charge is 0.408 e. The molecule has 1 heterocycles. The third-order valence-corrected chi connectivity index (χ3v) is 2.52. The third kappa shape index (κ3) is 2.60. The fourth-order valence-electron chi connectivity index (χ4n) is 2.04. The van der Waals surface area contributed by atoms with Gasteiger partial charge in [0.15, 0.2) is 0 Å². The van der Waals surface area contributed by atoms with E-state index >= 15 is 0 Å². The van der Waals surface area contributed by atoms with Gasteiger partial charge in [-0.1, -0.05) is 0 Å². The minimum absolute atomic E-state index is 0.0144. The summed E-state index contributed by atoms with van der Waals surface area (Å²) in [5.74, 6) is -1.30. The van der Waals surface area contributed by atoms with Gasteiger partial charge in [-0.05, 0) is 14.1 Å². The zero-order chi connectivity index (χ0) is 12.5. The second kappa shape index (κ2) is 4.25. The summed E-state index contributed by atoms with van der Waals surface area (Å²) >= 11 is 0. The molecular weight excluding hydrogens is 219 g/mol. The molecule has 1 amide bonds. The van der Waals surface area contributed by atoms with Gasteiger partial charge in [0.25, 0.3) is 0 Å². The lowest BCUT2D eigenvalue weighted by Gasteiger charge is -2.23. The van der Waals surface area contributed by atoms with E-state index in [2.05, 4.69) is 0 Å². The third-order valence-electron chi connectivity index (χ3n) is 2.52. The van der Waals surface area contributed by atoms with Crippen LogP contribution in [0.5, 0.6) is 0 Å². The normalized spacial score (nSPS) is 29.8. The highest BCUT2D eigenvalue weighted by molar-refractivity contribution is 5.80. The molecule has 16 heavy (non-hydrogen) atoms. The van der Waals surface area contributed by atoms with Crippen LogP contribution in [0, 0.1) is 0 Å². The van der Waals surface area contributed by atoms with Crippen molar-refractivity contribution >= 4 is 12.1 Å². The number of rotatable bonds is 3. The van der Waals surface area contributed by atoms with Gasteiger partial charge in [0.2, 0.25) is 0 Å². The Morgan fingerprint density at radius 2 is 2.06 bits per heavy atom. The molecular formula is C9H15FN2O4. The number of carboxylic acid groups (broad SMARTS) is 2. The van der Waals surface area contributed by atoms with Crippen LogP contribution in [-0.2, 0) is 4.79 Å². The standard InChI is InChI=1S/C9H15FN2O4/c1-11(2)4-9(10)3-6(7(13)14)12(5-9)8(15)16/h6H,3-5H2,1-2H3,(H,13,14)(H,15,16)/t6-,9-/m0/s1. The van der Waals surface area contributed by atoms with Crippen LogP contribution in [0.1, 0.15) is 6.42 Å². The SMILES string of the molecule is CN(C)C[C@@]1(F)C[C@@H](C(=O)O)N(C(=O)O)C1. The summed E-state index contributed by atoms with van der Waals surface area (Å²) in [6.07, 6.45) is -1.70. The number of carbonyl (C=O) groups is 2. The number of aliphatic carboxylic acids is 1. The second-order valence-electron chi connectivity index (χ2n) is 4.36. The summed E-state index contributed by atoms with van der Waals surface area (Å²) in [6.45, 7) is -0.377. The minimum atomic E-state index is -1.79. The Kier molecular flexibility index (Phi) is 3.37. The monoisotopic (exact) mass is 234 g/mol. The van der Waals surface area contributed by atoms with Crippen LogP contribution in [-0.4, -0.2) is 71.0 Å². The van der Waals surface area contributed by atoms with Gasteiger partial charge in [0.05, 0.1) is 6.54 Å². The maximum Gasteiger partial charge on any atom is 0.408 e. The van der Waals surface area contributed by atoms with Crippen LogP contribution in [0.25, 0.3) is 0 Å². The van der Waals surface area contributed by atoms with Gasteiger partial charge >= 0.3 is 12.1 Å². The van der Waals surface area contributed by atoms with E-state index in [1.54, 1.807) is 19.0 Å². The van der Waals surface area contributed by atoms with E-state index in [0.717, 1.165) is 0 Å². The van der Waals surface area contributed by atoms with E-state index in [0.29, 0.717) is 4.90 Å². The van der Waals surface area contributed by atoms with Crippen molar-refractivity contribution in [3.05, 3.63) is 0 Å². The van der Waals surface area contributed by atoms with Crippen molar-refractivity contribution in [3.8, 4) is 0 Å². The van der Waals surface area contributed by atoms with Crippen LogP contribution in [0.4, 0.5) is 9.18 Å². The number of hydrogen-bond acceptors (Lipinski definition) is 3. The zero-order valence-corrected chi connectivity index (χ0v) is 9.18. The summed E-state index contributed by atoms with van der Waals surface area (Å²) in [4.78, 5) is 23.8. The maximum absolute atomic E-state index is 14.2. The van der Waals surface area contributed by atoms with E-state index in [1.807, 2.05) is 0 Å². The topological polar surface area (TPSA) is 81.1 Å². The largest absolute Gasteiger partial charge is 0.480 e. The Hall–Kier alpha value is -1.37. The molecule has 0 unspecified atom stereocenters. The Morgan fingerprint density at radius 3 is 2.38 bits per heavy atom. The average Bonchev–Trinajstić information content (AvgIpc) is 2.41. The van der Waals surface area contributed by atoms with E-state index in [9.17, 15) is 14.0 Å². The lowest BCUT2D eigenvalue weighted by atomic mass is 10.0. The first-order valence-electron chi connectivity index (χ1n) is 4.81. The molecule has 0 aromatic rings. The van der Waals surface area contributed by atoms with Gasteiger partial charge in [-0.3, -0.25) is 4.90 Å². The van der Waals surface area contributed by atoms with E-state index in [1.165, 1.54) is 0 Å². The van der Waals surface area contributed by atoms with Crippen molar-refractivity contribution in [1.29, 1.82) is 0 Å². The highest BCUT2D eigenvalue weighted by Crippen LogP contribution is 2.31. The van der Waals surface area contributed by atoms with E-state index < -0.39 is 30.3 Å². The van der Waals surface area contributed by atoms with Crippen LogP contribution in [0.3, 0.4) is 0 Å². The second-order valence-corrected chi connectivity index (χ2v) is 4.36. The molecule has 0 bridgehead atoms. The van der Waals surface area contributed by atoms with Crippen molar-refractivity contribution < 1.29 is 24.2 Å². The van der Waals surface area contributed by atoms with Crippen molar-refractivity contribution in [3.63, 3.8) is 0 Å². The molecule has 7 heteroatoms. The number of halogens is 1. The molecule has 1 saturated heterocycles. The zero-order valence-electron chi connectivity index (χ0n) is 9.18. The fraction of sp³-hybridized carbons (Fsp3) is 0.778. The quantitative estimate of drug-likeness (QED) is 0.723. The lowest BCUT2D eigenvalue weighted by Crippen LogP contribution is -2.41. The molecule has 0 aromatic carbocycles. The molecule has 2 N–H and O–H groups in total. The number of amides is 1. The lowest BCUT2D eigenvalue weighted by molar-refractivity contribution is -0.141. The first kappa shape index (κ1) is 12.7. The van der Waals surface area contributed by atoms with Gasteiger partial charge in [-0.25, -0.2) is 14.0 Å². The van der Waals surface area contributed by atoms with Crippen molar-refractivity contribution in [2.75, 3.05) is 27.2 Å². The molecule has 92 valence electrons. The maximum atomic E-state index is 14.2. The number of alkyl halides is 1. The Balaban J connectivity index is 2.83. The van der Waals surface area contributed by atoms with Crippen molar-refractivity contribution in [1.82, 2.24) is 9.80 Å². The van der Waals surface area contributed by atoms with Gasteiger partial charge in [0.1, 0.15) is 11.7 Å². The summed E-state index contributed by atoms with van der Waals surface area (Å²) in [7, 11) is 3.31. The number of likely N-dealkylation sites (tertiary alicyclic amines) is 1. The van der Waals surface area contributed by atoms with E-state index in [-0.39, 0.29) is 13.0 Å². The molecule has 2 atom stereocenters. The first-order valence-corrected chi connectivity index (χ1v) is 4.81. The molecule has 1 aliphatic heterocycles. The van der Waals surface area contributed by atoms with Gasteiger partial charge in [0, 0.05) is 13.0 Å². The molecule has 0 saturated carbocycles. The predicted molar refractivity (Wildman–Crippen MR) is 53.2 cm³/mol. The predicted octanol–water partition coefficient (Wildman–Crippen LogP) is 0.0932. The molecule has 0 aliphatic carbocycles. The number of nitrogens with zero attached hydrogens (tertiary/aromatic N) is 2. The van der Waals surface area contributed by atoms with Crippen molar-refractivity contribution in [2.24, 2.45) is 0 Å². The highest BCUT2D eigenvalue weighted by atomic mass is 19.1. The Labute approximate surface area is 92.2 Å². The van der Waals surface area contributed by atoms with Crippen molar-refractivity contribution in [2.45, 2.75) is 18.1 Å². The van der Waals surface area contributed by atoms with Gasteiger partial charge < -0.3 is 15.1 Å². The summed E-state index contributed by atoms with van der Waals surface area (Å²) in [5.41, 5.74) is -1.79. The molecule has 0 spiro atoms. The summed E-state index contributed by atoms with van der Waals surface area (Å²) < 4.78 is 14.2. The fourth-order valence-corrected chi connectivity index (χ4v) is 2.04. The average molecular weight is 234 g/mol. The van der Waals surface area contributed by atoms with Crippen LogP contribution in [0.15, 0.2) is 0 Å². The minimum Gasteiger partial charge on any atom is -0.480 e. The molecule has 1 rings (SSSR count). The summed E-state index contributed by atoms with van der Waals surface area (Å²) in [6, 6.07) is -1.29. The molecule has 6 nitrogen and oxygen atoms in total.